The number of amides is 1. The predicted octanol–water partition coefficient (Wildman–Crippen LogP) is 4.47. The van der Waals surface area contributed by atoms with Crippen LogP contribution in [0.25, 0.3) is 11.4 Å². The van der Waals surface area contributed by atoms with Crippen LogP contribution in [-0.2, 0) is 12.6 Å². The Labute approximate surface area is 232 Å². The van der Waals surface area contributed by atoms with E-state index in [1.807, 2.05) is 55.6 Å². The average molecular weight is 544 g/mol. The Kier molecular flexibility index (Phi) is 6.93. The molecular formula is C29H30ClN7O2. The van der Waals surface area contributed by atoms with E-state index in [-0.39, 0.29) is 11.9 Å². The summed E-state index contributed by atoms with van der Waals surface area (Å²) >= 11 is 6.32. The summed E-state index contributed by atoms with van der Waals surface area (Å²) in [5.74, 6) is 2.15. The lowest BCUT2D eigenvalue weighted by molar-refractivity contribution is 0.0925. The van der Waals surface area contributed by atoms with Gasteiger partial charge in [0.2, 0.25) is 0 Å². The molecular weight excluding hydrogens is 514 g/mol. The van der Waals surface area contributed by atoms with Gasteiger partial charge in [-0.05, 0) is 62.3 Å². The van der Waals surface area contributed by atoms with Gasteiger partial charge in [0.05, 0.1) is 17.7 Å². The van der Waals surface area contributed by atoms with Gasteiger partial charge >= 0.3 is 0 Å². The van der Waals surface area contributed by atoms with Crippen LogP contribution < -0.4 is 20.7 Å². The highest BCUT2D eigenvalue weighted by Crippen LogP contribution is 2.38. The number of benzene rings is 2. The molecule has 2 aromatic heterocycles. The van der Waals surface area contributed by atoms with E-state index < -0.39 is 5.54 Å². The fourth-order valence-corrected chi connectivity index (χ4v) is 5.79. The van der Waals surface area contributed by atoms with Gasteiger partial charge in [-0.25, -0.2) is 0 Å². The first-order valence-corrected chi connectivity index (χ1v) is 13.5. The molecule has 1 fully saturated rings. The number of fused-ring (bicyclic) bond motifs is 1. The Morgan fingerprint density at radius 2 is 1.90 bits per heavy atom. The van der Waals surface area contributed by atoms with Crippen molar-refractivity contribution in [1.82, 2.24) is 30.4 Å². The smallest absolute Gasteiger partial charge is 0.251 e. The lowest BCUT2D eigenvalue weighted by atomic mass is 9.86. The first kappa shape index (κ1) is 25.3. The number of aromatic nitrogens is 4. The summed E-state index contributed by atoms with van der Waals surface area (Å²) in [7, 11) is 2.00. The third-order valence-electron chi connectivity index (χ3n) is 7.54. The Morgan fingerprint density at radius 3 is 2.72 bits per heavy atom. The largest absolute Gasteiger partial charge is 0.492 e. The molecule has 0 radical (unpaired) electrons. The number of anilines is 1. The summed E-state index contributed by atoms with van der Waals surface area (Å²) in [5, 5.41) is 20.1. The summed E-state index contributed by atoms with van der Waals surface area (Å²) in [4.78, 5) is 17.5. The highest BCUT2D eigenvalue weighted by atomic mass is 35.5. The minimum Gasteiger partial charge on any atom is -0.492 e. The van der Waals surface area contributed by atoms with E-state index in [1.165, 1.54) is 0 Å². The summed E-state index contributed by atoms with van der Waals surface area (Å²) < 4.78 is 7.81. The normalized spacial score (nSPS) is 18.1. The van der Waals surface area contributed by atoms with E-state index in [2.05, 4.69) is 35.7 Å². The van der Waals surface area contributed by atoms with E-state index in [0.717, 1.165) is 54.4 Å². The second kappa shape index (κ2) is 10.7. The maximum atomic E-state index is 13.4. The van der Waals surface area contributed by atoms with Crippen LogP contribution in [0.4, 0.5) is 5.69 Å². The monoisotopic (exact) mass is 543 g/mol. The van der Waals surface area contributed by atoms with Crippen molar-refractivity contribution in [2.45, 2.75) is 30.8 Å². The molecule has 0 aliphatic carbocycles. The predicted molar refractivity (Wildman–Crippen MR) is 150 cm³/mol. The van der Waals surface area contributed by atoms with Gasteiger partial charge in [-0.1, -0.05) is 29.8 Å². The van der Waals surface area contributed by atoms with E-state index in [0.29, 0.717) is 29.4 Å². The van der Waals surface area contributed by atoms with Gasteiger partial charge in [-0.3, -0.25) is 9.78 Å². The van der Waals surface area contributed by atoms with Crippen LogP contribution >= 0.6 is 11.6 Å². The second-order valence-electron chi connectivity index (χ2n) is 10.0. The molecule has 9 nitrogen and oxygen atoms in total. The van der Waals surface area contributed by atoms with E-state index >= 15 is 0 Å². The molecule has 0 bridgehead atoms. The summed E-state index contributed by atoms with van der Waals surface area (Å²) in [5.41, 5.74) is 2.86. The number of nitrogens with zero attached hydrogens (tertiary/aromatic N) is 4. The molecule has 6 rings (SSSR count). The van der Waals surface area contributed by atoms with Gasteiger partial charge in [-0.15, -0.1) is 10.2 Å². The maximum absolute atomic E-state index is 13.4. The van der Waals surface area contributed by atoms with Gasteiger partial charge < -0.3 is 25.3 Å². The Bertz CT molecular complexity index is 1480. The number of piperidine rings is 1. The third kappa shape index (κ3) is 4.95. The summed E-state index contributed by atoms with van der Waals surface area (Å²) in [6.07, 6.45) is 5.84. The molecule has 4 aromatic rings. The van der Waals surface area contributed by atoms with Crippen LogP contribution in [0.2, 0.25) is 5.02 Å². The minimum atomic E-state index is -0.441. The highest BCUT2D eigenvalue weighted by Gasteiger charge is 2.39. The number of nitrogens with one attached hydrogen (secondary N) is 3. The fraction of sp³-hybridized carbons (Fsp3) is 0.310. The van der Waals surface area contributed by atoms with Crippen molar-refractivity contribution in [3.8, 4) is 17.1 Å². The van der Waals surface area contributed by atoms with E-state index in [9.17, 15) is 4.79 Å². The van der Waals surface area contributed by atoms with Gasteiger partial charge in [0.1, 0.15) is 11.3 Å². The number of carbonyl (C=O) groups is 1. The second-order valence-corrected chi connectivity index (χ2v) is 10.4. The van der Waals surface area contributed by atoms with Gasteiger partial charge in [0.25, 0.3) is 5.91 Å². The average Bonchev–Trinajstić information content (AvgIpc) is 3.36. The van der Waals surface area contributed by atoms with Gasteiger partial charge in [-0.2, -0.15) is 0 Å². The summed E-state index contributed by atoms with van der Waals surface area (Å²) in [6.45, 7) is 2.19. The number of hydrogen-bond acceptors (Lipinski definition) is 7. The zero-order valence-electron chi connectivity index (χ0n) is 21.7. The van der Waals surface area contributed by atoms with E-state index in [1.54, 1.807) is 18.5 Å². The molecule has 0 spiro atoms. The SMILES string of the molecule is Cn1c(-c2ccncc2)nnc1C1(Nc2cccc(C(=O)N[C@H]3CCOc4c(Cl)cccc43)c2)CCNCC1. The molecule has 0 unspecified atom stereocenters. The van der Waals surface area contributed by atoms with Crippen molar-refractivity contribution < 1.29 is 9.53 Å². The molecule has 10 heteroatoms. The van der Waals surface area contributed by atoms with Crippen molar-refractivity contribution >= 4 is 23.2 Å². The zero-order chi connectivity index (χ0) is 26.8. The number of pyridine rings is 1. The molecule has 1 amide bonds. The van der Waals surface area contributed by atoms with Crippen LogP contribution in [0.15, 0.2) is 67.0 Å². The highest BCUT2D eigenvalue weighted by molar-refractivity contribution is 6.32. The minimum absolute atomic E-state index is 0.144. The first-order valence-electron chi connectivity index (χ1n) is 13.2. The number of ether oxygens (including phenoxy) is 1. The Balaban J connectivity index is 1.26. The lowest BCUT2D eigenvalue weighted by Crippen LogP contribution is -2.47. The van der Waals surface area contributed by atoms with Crippen molar-refractivity contribution in [3.05, 3.63) is 89.0 Å². The van der Waals surface area contributed by atoms with Crippen molar-refractivity contribution in [2.24, 2.45) is 7.05 Å². The molecule has 1 saturated heterocycles. The van der Waals surface area contributed by atoms with Crippen LogP contribution in [0, 0.1) is 0 Å². The van der Waals surface area contributed by atoms with Crippen LogP contribution in [-0.4, -0.2) is 45.4 Å². The molecule has 2 aromatic carbocycles. The topological polar surface area (TPSA) is 106 Å². The molecule has 39 heavy (non-hydrogen) atoms. The van der Waals surface area contributed by atoms with Crippen LogP contribution in [0.5, 0.6) is 5.75 Å². The molecule has 2 aliphatic heterocycles. The van der Waals surface area contributed by atoms with Crippen molar-refractivity contribution in [1.29, 1.82) is 0 Å². The maximum Gasteiger partial charge on any atom is 0.251 e. The molecule has 200 valence electrons. The van der Waals surface area contributed by atoms with Crippen molar-refractivity contribution in [2.75, 3.05) is 25.0 Å². The number of para-hydroxylation sites is 1. The third-order valence-corrected chi connectivity index (χ3v) is 7.84. The lowest BCUT2D eigenvalue weighted by Gasteiger charge is -2.38. The van der Waals surface area contributed by atoms with Crippen molar-refractivity contribution in [3.63, 3.8) is 0 Å². The Hall–Kier alpha value is -3.95. The van der Waals surface area contributed by atoms with Gasteiger partial charge in [0, 0.05) is 48.2 Å². The Morgan fingerprint density at radius 1 is 1.10 bits per heavy atom. The first-order chi connectivity index (χ1) is 19.0. The molecule has 3 N–H and O–H groups in total. The fourth-order valence-electron chi connectivity index (χ4n) is 5.55. The number of carbonyl (C=O) groups excluding carboxylic acids is 1. The molecule has 1 atom stereocenters. The molecule has 0 saturated carbocycles. The number of halogens is 1. The number of hydrogen-bond donors (Lipinski definition) is 3. The standard InChI is InChI=1S/C29H30ClN7O2/c1-37-26(19-8-13-31-14-9-19)35-36-28(37)29(11-15-32-16-12-29)34-21-5-2-4-20(18-21)27(38)33-24-10-17-39-25-22(24)6-3-7-23(25)30/h2-9,13-14,18,24,32,34H,10-12,15-17H2,1H3,(H,33,38)/t24-/m0/s1. The quantitative estimate of drug-likeness (QED) is 0.329. The summed E-state index contributed by atoms with van der Waals surface area (Å²) in [6, 6.07) is 17.0. The zero-order valence-corrected chi connectivity index (χ0v) is 22.4. The number of rotatable bonds is 6. The molecule has 2 aliphatic rings. The molecule has 4 heterocycles. The van der Waals surface area contributed by atoms with Gasteiger partial charge in [0.15, 0.2) is 11.6 Å². The van der Waals surface area contributed by atoms with Crippen LogP contribution in [0.3, 0.4) is 0 Å². The van der Waals surface area contributed by atoms with E-state index in [4.69, 9.17) is 16.3 Å². The van der Waals surface area contributed by atoms with Crippen LogP contribution in [0.1, 0.15) is 47.1 Å².